The average molecular weight is 410 g/mol. The monoisotopic (exact) mass is 410 g/mol. The lowest BCUT2D eigenvalue weighted by Gasteiger charge is -2.12. The number of pyridine rings is 1. The van der Waals surface area contributed by atoms with Crippen LogP contribution in [0.5, 0.6) is 5.75 Å². The first-order valence-corrected chi connectivity index (χ1v) is 10.0. The van der Waals surface area contributed by atoms with E-state index in [-0.39, 0.29) is 6.61 Å². The van der Waals surface area contributed by atoms with Crippen LogP contribution in [0.15, 0.2) is 77.4 Å². The third-order valence-electron chi connectivity index (χ3n) is 5.00. The maximum Gasteiger partial charge on any atom is 0.138 e. The van der Waals surface area contributed by atoms with Crippen molar-refractivity contribution in [3.05, 3.63) is 101 Å². The van der Waals surface area contributed by atoms with E-state index in [1.165, 1.54) is 0 Å². The first-order valence-electron chi connectivity index (χ1n) is 10.0. The lowest BCUT2D eigenvalue weighted by molar-refractivity contribution is 0.297. The molecular formula is C25H22N4O2. The predicted octanol–water partition coefficient (Wildman–Crippen LogP) is 4.79. The average Bonchev–Trinajstić information content (AvgIpc) is 3.19. The number of rotatable bonds is 8. The van der Waals surface area contributed by atoms with E-state index in [1.807, 2.05) is 61.5 Å². The normalized spacial score (nSPS) is 10.6. The van der Waals surface area contributed by atoms with Crippen LogP contribution < -0.4 is 10.1 Å². The highest BCUT2D eigenvalue weighted by atomic mass is 16.5. The molecule has 0 radical (unpaired) electrons. The second kappa shape index (κ2) is 9.70. The zero-order valence-electron chi connectivity index (χ0n) is 17.2. The topological polar surface area (TPSA) is 84.0 Å². The van der Waals surface area contributed by atoms with Crippen molar-refractivity contribution < 1.29 is 9.26 Å². The van der Waals surface area contributed by atoms with E-state index >= 15 is 0 Å². The number of aromatic nitrogens is 2. The molecule has 0 bridgehead atoms. The Kier molecular flexibility index (Phi) is 6.36. The summed E-state index contributed by atoms with van der Waals surface area (Å²) in [5, 5.41) is 16.9. The molecule has 31 heavy (non-hydrogen) atoms. The zero-order valence-corrected chi connectivity index (χ0v) is 17.2. The molecule has 154 valence electrons. The molecule has 0 unspecified atom stereocenters. The van der Waals surface area contributed by atoms with Crippen molar-refractivity contribution in [3.8, 4) is 23.1 Å². The Morgan fingerprint density at radius 3 is 2.65 bits per heavy atom. The van der Waals surface area contributed by atoms with Crippen LogP contribution in [-0.4, -0.2) is 10.1 Å². The van der Waals surface area contributed by atoms with Crippen molar-refractivity contribution >= 4 is 0 Å². The molecule has 2 heterocycles. The number of hydrogen-bond donors (Lipinski definition) is 1. The van der Waals surface area contributed by atoms with Crippen LogP contribution in [0.2, 0.25) is 0 Å². The van der Waals surface area contributed by atoms with E-state index in [4.69, 9.17) is 9.26 Å². The summed E-state index contributed by atoms with van der Waals surface area (Å²) in [5.41, 5.74) is 5.09. The van der Waals surface area contributed by atoms with Crippen LogP contribution >= 0.6 is 0 Å². The van der Waals surface area contributed by atoms with Crippen LogP contribution in [0.3, 0.4) is 0 Å². The van der Waals surface area contributed by atoms with Gasteiger partial charge in [0.1, 0.15) is 29.9 Å². The molecule has 2 aromatic carbocycles. The molecule has 0 saturated carbocycles. The van der Waals surface area contributed by atoms with Gasteiger partial charge in [-0.05, 0) is 25.1 Å². The summed E-state index contributed by atoms with van der Waals surface area (Å²) in [6.45, 7) is 3.39. The number of para-hydroxylation sites is 1. The smallest absolute Gasteiger partial charge is 0.138 e. The summed E-state index contributed by atoms with van der Waals surface area (Å²) in [6, 6.07) is 23.5. The van der Waals surface area contributed by atoms with Gasteiger partial charge in [-0.25, -0.2) is 0 Å². The van der Waals surface area contributed by atoms with Gasteiger partial charge in [0.2, 0.25) is 0 Å². The molecule has 2 aromatic heterocycles. The van der Waals surface area contributed by atoms with Gasteiger partial charge in [0.15, 0.2) is 0 Å². The Hall–Kier alpha value is -3.95. The molecule has 1 N–H and O–H groups in total. The minimum absolute atomic E-state index is 0.240. The number of benzene rings is 2. The van der Waals surface area contributed by atoms with Gasteiger partial charge in [-0.1, -0.05) is 53.7 Å². The zero-order chi connectivity index (χ0) is 21.5. The molecule has 0 spiro atoms. The van der Waals surface area contributed by atoms with Crippen LogP contribution in [0.25, 0.3) is 11.3 Å². The molecule has 0 fully saturated rings. The highest BCUT2D eigenvalue weighted by Gasteiger charge is 2.14. The number of nitriles is 1. The molecule has 4 aromatic rings. The molecule has 0 atom stereocenters. The van der Waals surface area contributed by atoms with E-state index in [9.17, 15) is 5.26 Å². The third-order valence-corrected chi connectivity index (χ3v) is 5.00. The van der Waals surface area contributed by atoms with Gasteiger partial charge >= 0.3 is 0 Å². The van der Waals surface area contributed by atoms with Crippen molar-refractivity contribution in [2.75, 3.05) is 0 Å². The highest BCUT2D eigenvalue weighted by Crippen LogP contribution is 2.25. The van der Waals surface area contributed by atoms with Crippen molar-refractivity contribution in [3.63, 3.8) is 0 Å². The van der Waals surface area contributed by atoms with E-state index in [1.54, 1.807) is 18.3 Å². The van der Waals surface area contributed by atoms with Crippen LogP contribution in [0.4, 0.5) is 0 Å². The molecule has 0 aliphatic carbocycles. The summed E-state index contributed by atoms with van der Waals surface area (Å²) in [4.78, 5) is 4.26. The van der Waals surface area contributed by atoms with Crippen molar-refractivity contribution in [1.29, 1.82) is 5.26 Å². The SMILES string of the molecule is Cc1onc(-c2ccccc2)c1CNCc1ccccc1OCc1ncccc1C#N. The predicted molar refractivity (Wildman–Crippen MR) is 117 cm³/mol. The molecule has 0 amide bonds. The molecule has 6 nitrogen and oxygen atoms in total. The number of ether oxygens (including phenoxy) is 1. The standard InChI is InChI=1S/C25H22N4O2/c1-18-22(25(29-31-18)19-8-3-2-4-9-19)16-27-15-21-10-5-6-12-24(21)30-17-23-20(14-26)11-7-13-28-23/h2-13,27H,15-17H2,1H3. The number of hydrogen-bond acceptors (Lipinski definition) is 6. The maximum atomic E-state index is 9.24. The van der Waals surface area contributed by atoms with Crippen LogP contribution in [0, 0.1) is 18.3 Å². The van der Waals surface area contributed by atoms with Gasteiger partial charge in [0.05, 0.1) is 11.3 Å². The lowest BCUT2D eigenvalue weighted by Crippen LogP contribution is -2.14. The van der Waals surface area contributed by atoms with Gasteiger partial charge in [-0.2, -0.15) is 5.26 Å². The summed E-state index contributed by atoms with van der Waals surface area (Å²) in [6.07, 6.45) is 1.67. The van der Waals surface area contributed by atoms with Gasteiger partial charge in [0, 0.05) is 36.0 Å². The highest BCUT2D eigenvalue weighted by molar-refractivity contribution is 5.63. The number of nitrogens with one attached hydrogen (secondary N) is 1. The summed E-state index contributed by atoms with van der Waals surface area (Å²) < 4.78 is 11.4. The molecule has 6 heteroatoms. The Bertz CT molecular complexity index is 1200. The fraction of sp³-hybridized carbons (Fsp3) is 0.160. The molecular weight excluding hydrogens is 388 g/mol. The van der Waals surface area contributed by atoms with E-state index in [2.05, 4.69) is 21.5 Å². The largest absolute Gasteiger partial charge is 0.487 e. The Labute approximate surface area is 181 Å². The van der Waals surface area contributed by atoms with Crippen molar-refractivity contribution in [1.82, 2.24) is 15.5 Å². The molecule has 0 saturated heterocycles. The third kappa shape index (κ3) is 4.80. The number of nitrogens with zero attached hydrogens (tertiary/aromatic N) is 3. The van der Waals surface area contributed by atoms with Crippen molar-refractivity contribution in [2.45, 2.75) is 26.6 Å². The lowest BCUT2D eigenvalue weighted by atomic mass is 10.1. The second-order valence-electron chi connectivity index (χ2n) is 7.04. The summed E-state index contributed by atoms with van der Waals surface area (Å²) in [7, 11) is 0. The van der Waals surface area contributed by atoms with Gasteiger partial charge in [-0.15, -0.1) is 0 Å². The van der Waals surface area contributed by atoms with E-state index < -0.39 is 0 Å². The van der Waals surface area contributed by atoms with Gasteiger partial charge < -0.3 is 14.6 Å². The summed E-state index contributed by atoms with van der Waals surface area (Å²) >= 11 is 0. The van der Waals surface area contributed by atoms with Gasteiger partial charge in [-0.3, -0.25) is 4.98 Å². The first-order chi connectivity index (χ1) is 15.3. The van der Waals surface area contributed by atoms with E-state index in [0.717, 1.165) is 33.9 Å². The van der Waals surface area contributed by atoms with Crippen LogP contribution in [-0.2, 0) is 19.7 Å². The molecule has 4 rings (SSSR count). The minimum atomic E-state index is 0.240. The molecule has 0 aliphatic heterocycles. The fourth-order valence-corrected chi connectivity index (χ4v) is 3.34. The quantitative estimate of drug-likeness (QED) is 0.450. The Morgan fingerprint density at radius 2 is 1.81 bits per heavy atom. The molecule has 0 aliphatic rings. The first kappa shape index (κ1) is 20.3. The Balaban J connectivity index is 1.43. The Morgan fingerprint density at radius 1 is 1.00 bits per heavy atom. The maximum absolute atomic E-state index is 9.24. The van der Waals surface area contributed by atoms with E-state index in [0.29, 0.717) is 24.3 Å². The van der Waals surface area contributed by atoms with Gasteiger partial charge in [0.25, 0.3) is 0 Å². The fourth-order valence-electron chi connectivity index (χ4n) is 3.34. The second-order valence-corrected chi connectivity index (χ2v) is 7.04. The number of aryl methyl sites for hydroxylation is 1. The summed E-state index contributed by atoms with van der Waals surface area (Å²) in [5.74, 6) is 1.56. The van der Waals surface area contributed by atoms with Crippen LogP contribution in [0.1, 0.15) is 28.1 Å². The minimum Gasteiger partial charge on any atom is -0.487 e. The van der Waals surface area contributed by atoms with Crippen molar-refractivity contribution in [2.24, 2.45) is 0 Å².